The third-order valence-corrected chi connectivity index (χ3v) is 7.16. The van der Waals surface area contributed by atoms with Crippen molar-refractivity contribution in [3.05, 3.63) is 53.4 Å². The highest BCUT2D eigenvalue weighted by Gasteiger charge is 2.28. The first kappa shape index (κ1) is 23.0. The van der Waals surface area contributed by atoms with E-state index in [4.69, 9.17) is 9.47 Å². The minimum absolute atomic E-state index is 0.125. The predicted octanol–water partition coefficient (Wildman–Crippen LogP) is 3.31. The van der Waals surface area contributed by atoms with Gasteiger partial charge in [-0.3, -0.25) is 14.7 Å². The van der Waals surface area contributed by atoms with E-state index in [-0.39, 0.29) is 5.91 Å². The number of pyridine rings is 1. The number of aromatic nitrogens is 1. The minimum atomic E-state index is 0.125. The number of amides is 1. The molecule has 7 nitrogen and oxygen atoms in total. The molecular weight excluding hydrogens is 428 g/mol. The van der Waals surface area contributed by atoms with Gasteiger partial charge < -0.3 is 19.7 Å². The van der Waals surface area contributed by atoms with Crippen LogP contribution in [0.15, 0.2) is 36.5 Å². The number of benzene rings is 1. The van der Waals surface area contributed by atoms with E-state index in [0.29, 0.717) is 12.6 Å². The molecule has 0 radical (unpaired) electrons. The van der Waals surface area contributed by atoms with Gasteiger partial charge in [-0.05, 0) is 30.5 Å². The number of ether oxygens (including phenoxy) is 2. The minimum Gasteiger partial charge on any atom is -0.383 e. The van der Waals surface area contributed by atoms with Crippen molar-refractivity contribution in [2.45, 2.75) is 25.3 Å². The smallest absolute Gasteiger partial charge is 0.253 e. The van der Waals surface area contributed by atoms with Crippen molar-refractivity contribution >= 4 is 17.7 Å². The van der Waals surface area contributed by atoms with Gasteiger partial charge in [0, 0.05) is 75.2 Å². The Morgan fingerprint density at radius 2 is 1.91 bits per heavy atom. The molecule has 0 unspecified atom stereocenters. The highest BCUT2D eigenvalue weighted by atomic mass is 16.5. The molecule has 1 N–H and O–H groups in total. The van der Waals surface area contributed by atoms with Crippen LogP contribution in [0.2, 0.25) is 0 Å². The van der Waals surface area contributed by atoms with Crippen molar-refractivity contribution in [1.82, 2.24) is 14.8 Å². The zero-order valence-electron chi connectivity index (χ0n) is 20.0. The molecule has 5 rings (SSSR count). The van der Waals surface area contributed by atoms with Gasteiger partial charge in [0.05, 0.1) is 31.2 Å². The van der Waals surface area contributed by atoms with Crippen molar-refractivity contribution in [3.63, 3.8) is 0 Å². The Hall–Kier alpha value is -2.74. The van der Waals surface area contributed by atoms with Crippen LogP contribution in [-0.4, -0.2) is 86.4 Å². The SMILES string of the molecule is COCCNc1c(-c2ccc(C(=O)N3CCC(N4CCOCC4)CC3)cc2)cnc2c1C=CC2. The van der Waals surface area contributed by atoms with Gasteiger partial charge in [0.25, 0.3) is 5.91 Å². The molecule has 0 bridgehead atoms. The van der Waals surface area contributed by atoms with Crippen molar-refractivity contribution in [1.29, 1.82) is 0 Å². The van der Waals surface area contributed by atoms with Gasteiger partial charge in [0.2, 0.25) is 0 Å². The number of morpholine rings is 1. The molecule has 1 aromatic carbocycles. The summed E-state index contributed by atoms with van der Waals surface area (Å²) in [5.74, 6) is 0.125. The largest absolute Gasteiger partial charge is 0.383 e. The maximum Gasteiger partial charge on any atom is 0.253 e. The molecule has 1 aliphatic carbocycles. The van der Waals surface area contributed by atoms with E-state index < -0.39 is 0 Å². The van der Waals surface area contributed by atoms with Crippen LogP contribution in [-0.2, 0) is 15.9 Å². The second-order valence-corrected chi connectivity index (χ2v) is 9.18. The van der Waals surface area contributed by atoms with E-state index >= 15 is 0 Å². The summed E-state index contributed by atoms with van der Waals surface area (Å²) in [7, 11) is 1.71. The van der Waals surface area contributed by atoms with Crippen LogP contribution in [0.25, 0.3) is 17.2 Å². The average Bonchev–Trinajstić information content (AvgIpc) is 3.39. The van der Waals surface area contributed by atoms with Crippen molar-refractivity contribution < 1.29 is 14.3 Å². The Kier molecular flexibility index (Phi) is 7.23. The zero-order chi connectivity index (χ0) is 23.3. The number of hydrogen-bond acceptors (Lipinski definition) is 6. The predicted molar refractivity (Wildman–Crippen MR) is 134 cm³/mol. The van der Waals surface area contributed by atoms with E-state index in [1.165, 1.54) is 0 Å². The third kappa shape index (κ3) is 4.87. The molecule has 2 aliphatic heterocycles. The number of carbonyl (C=O) groups excluding carboxylic acids is 1. The molecule has 3 aliphatic rings. The van der Waals surface area contributed by atoms with Crippen LogP contribution in [0.3, 0.4) is 0 Å². The van der Waals surface area contributed by atoms with Gasteiger partial charge in [0.1, 0.15) is 0 Å². The van der Waals surface area contributed by atoms with Crippen LogP contribution in [0, 0.1) is 0 Å². The van der Waals surface area contributed by atoms with E-state index in [1.54, 1.807) is 7.11 Å². The van der Waals surface area contributed by atoms with Crippen molar-refractivity contribution in [3.8, 4) is 11.1 Å². The fraction of sp³-hybridized carbons (Fsp3) is 0.481. The number of rotatable bonds is 7. The standard InChI is InChI=1S/C27H34N4O3/c1-33-16-11-28-26-23-3-2-4-25(23)29-19-24(26)20-5-7-21(8-6-20)27(32)31-12-9-22(10-13-31)30-14-17-34-18-15-30/h2-3,5-8,19,22H,4,9-18H2,1H3,(H,28,29). The number of hydrogen-bond donors (Lipinski definition) is 1. The fourth-order valence-electron chi connectivity index (χ4n) is 5.24. The summed E-state index contributed by atoms with van der Waals surface area (Å²) in [6, 6.07) is 8.55. The van der Waals surface area contributed by atoms with Gasteiger partial charge >= 0.3 is 0 Å². The van der Waals surface area contributed by atoms with Gasteiger partial charge in [-0.25, -0.2) is 0 Å². The lowest BCUT2D eigenvalue weighted by Crippen LogP contribution is -2.50. The van der Waals surface area contributed by atoms with E-state index in [0.717, 1.165) is 98.8 Å². The Morgan fingerprint density at radius 1 is 1.15 bits per heavy atom. The van der Waals surface area contributed by atoms with Crippen LogP contribution in [0.4, 0.5) is 5.69 Å². The second kappa shape index (κ2) is 10.7. The van der Waals surface area contributed by atoms with Gasteiger partial charge in [0.15, 0.2) is 0 Å². The number of methoxy groups -OCH3 is 1. The number of nitrogens with zero attached hydrogens (tertiary/aromatic N) is 3. The Bertz CT molecular complexity index is 1020. The van der Waals surface area contributed by atoms with Crippen LogP contribution in [0.5, 0.6) is 0 Å². The quantitative estimate of drug-likeness (QED) is 0.637. The number of carbonyl (C=O) groups is 1. The lowest BCUT2D eigenvalue weighted by atomic mass is 9.99. The molecule has 180 valence electrons. The summed E-state index contributed by atoms with van der Waals surface area (Å²) in [5.41, 5.74) is 6.18. The van der Waals surface area contributed by atoms with E-state index in [2.05, 4.69) is 27.4 Å². The second-order valence-electron chi connectivity index (χ2n) is 9.18. The van der Waals surface area contributed by atoms with Crippen LogP contribution >= 0.6 is 0 Å². The van der Waals surface area contributed by atoms with Gasteiger partial charge in [-0.2, -0.15) is 0 Å². The molecule has 0 atom stereocenters. The first-order chi connectivity index (χ1) is 16.7. The van der Waals surface area contributed by atoms with Gasteiger partial charge in [-0.1, -0.05) is 24.3 Å². The van der Waals surface area contributed by atoms with Gasteiger partial charge in [-0.15, -0.1) is 0 Å². The number of allylic oxidation sites excluding steroid dienone is 1. The summed E-state index contributed by atoms with van der Waals surface area (Å²) in [6.07, 6.45) is 9.16. The lowest BCUT2D eigenvalue weighted by molar-refractivity contribution is 0.00159. The lowest BCUT2D eigenvalue weighted by Gasteiger charge is -2.40. The monoisotopic (exact) mass is 462 g/mol. The Morgan fingerprint density at radius 3 is 2.65 bits per heavy atom. The Balaban J connectivity index is 1.27. The molecule has 1 amide bonds. The maximum atomic E-state index is 13.2. The molecule has 2 aromatic rings. The first-order valence-corrected chi connectivity index (χ1v) is 12.4. The maximum absolute atomic E-state index is 13.2. The Labute approximate surface area is 201 Å². The summed E-state index contributed by atoms with van der Waals surface area (Å²) >= 11 is 0. The number of nitrogens with one attached hydrogen (secondary N) is 1. The normalized spacial score (nSPS) is 18.8. The third-order valence-electron chi connectivity index (χ3n) is 7.16. The highest BCUT2D eigenvalue weighted by molar-refractivity contribution is 5.95. The molecular formula is C27H34N4O3. The van der Waals surface area contributed by atoms with Crippen molar-refractivity contribution in [2.75, 3.05) is 65.0 Å². The molecule has 3 heterocycles. The molecule has 34 heavy (non-hydrogen) atoms. The number of likely N-dealkylation sites (tertiary alicyclic amines) is 1. The summed E-state index contributed by atoms with van der Waals surface area (Å²) in [6.45, 7) is 6.66. The van der Waals surface area contributed by atoms with Crippen molar-refractivity contribution in [2.24, 2.45) is 0 Å². The number of anilines is 1. The zero-order valence-corrected chi connectivity index (χ0v) is 20.0. The molecule has 7 heteroatoms. The number of fused-ring (bicyclic) bond motifs is 1. The average molecular weight is 463 g/mol. The summed E-state index contributed by atoms with van der Waals surface area (Å²) in [4.78, 5) is 22.4. The molecule has 2 saturated heterocycles. The van der Waals surface area contributed by atoms with Crippen LogP contribution in [0.1, 0.15) is 34.5 Å². The molecule has 2 fully saturated rings. The topological polar surface area (TPSA) is 66.9 Å². The van der Waals surface area contributed by atoms with Crippen LogP contribution < -0.4 is 5.32 Å². The summed E-state index contributed by atoms with van der Waals surface area (Å²) in [5, 5.41) is 3.53. The van der Waals surface area contributed by atoms with E-state index in [1.807, 2.05) is 35.4 Å². The number of piperidine rings is 1. The first-order valence-electron chi connectivity index (χ1n) is 12.4. The fourth-order valence-corrected chi connectivity index (χ4v) is 5.24. The van der Waals surface area contributed by atoms with E-state index in [9.17, 15) is 4.79 Å². The molecule has 0 spiro atoms. The summed E-state index contributed by atoms with van der Waals surface area (Å²) < 4.78 is 10.7. The highest BCUT2D eigenvalue weighted by Crippen LogP contribution is 2.35. The molecule has 1 aromatic heterocycles. The molecule has 0 saturated carbocycles.